The average molecular weight is 395 g/mol. The van der Waals surface area contributed by atoms with Crippen LogP contribution in [0.1, 0.15) is 99.3 Å². The molecule has 0 aromatic rings. The summed E-state index contributed by atoms with van der Waals surface area (Å²) in [6.07, 6.45) is 23.2. The summed E-state index contributed by atoms with van der Waals surface area (Å²) < 4.78 is 0. The van der Waals surface area contributed by atoms with Crippen LogP contribution in [0.3, 0.4) is 0 Å². The first kappa shape index (κ1) is 25.5. The van der Waals surface area contributed by atoms with Gasteiger partial charge in [0, 0.05) is 0 Å². The Hall–Kier alpha value is -1.52. The second kappa shape index (κ2) is 14.5. The molecule has 0 saturated heterocycles. The van der Waals surface area contributed by atoms with Crippen LogP contribution in [0.25, 0.3) is 0 Å². The van der Waals surface area contributed by atoms with Gasteiger partial charge in [0.2, 0.25) is 0 Å². The van der Waals surface area contributed by atoms with Gasteiger partial charge in [-0.3, -0.25) is 0 Å². The van der Waals surface area contributed by atoms with E-state index in [4.69, 9.17) is 0 Å². The van der Waals surface area contributed by atoms with Crippen molar-refractivity contribution in [1.29, 1.82) is 0 Å². The number of rotatable bonds is 8. The van der Waals surface area contributed by atoms with Gasteiger partial charge in [0.1, 0.15) is 0 Å². The summed E-state index contributed by atoms with van der Waals surface area (Å²) in [4.78, 5) is 0. The van der Waals surface area contributed by atoms with Crippen molar-refractivity contribution >= 4 is 0 Å². The fourth-order valence-electron chi connectivity index (χ4n) is 4.67. The minimum absolute atomic E-state index is 0.925. The summed E-state index contributed by atoms with van der Waals surface area (Å²) in [6, 6.07) is 0. The van der Waals surface area contributed by atoms with Crippen LogP contribution in [0, 0.1) is 17.8 Å². The van der Waals surface area contributed by atoms with E-state index in [2.05, 4.69) is 64.3 Å². The van der Waals surface area contributed by atoms with Gasteiger partial charge in [-0.05, 0) is 101 Å². The molecule has 1 saturated carbocycles. The van der Waals surface area contributed by atoms with Crippen molar-refractivity contribution in [2.75, 3.05) is 0 Å². The molecule has 0 aliphatic heterocycles. The first-order chi connectivity index (χ1) is 14.0. The Balaban J connectivity index is 0.000000327. The number of hydrogen-bond donors (Lipinski definition) is 0. The van der Waals surface area contributed by atoms with Gasteiger partial charge in [0.05, 0.1) is 0 Å². The highest BCUT2D eigenvalue weighted by Crippen LogP contribution is 2.45. The Morgan fingerprint density at radius 3 is 2.45 bits per heavy atom. The summed E-state index contributed by atoms with van der Waals surface area (Å²) in [5.74, 6) is 2.78. The van der Waals surface area contributed by atoms with Crippen LogP contribution < -0.4 is 0 Å². The first-order valence-electron chi connectivity index (χ1n) is 12.2. The van der Waals surface area contributed by atoms with Crippen LogP contribution >= 0.6 is 0 Å². The van der Waals surface area contributed by atoms with Crippen molar-refractivity contribution in [3.05, 3.63) is 65.0 Å². The lowest BCUT2D eigenvalue weighted by Gasteiger charge is -2.29. The molecule has 0 nitrogen and oxygen atoms in total. The zero-order chi connectivity index (χ0) is 21.6. The molecule has 162 valence electrons. The Morgan fingerprint density at radius 2 is 1.97 bits per heavy atom. The van der Waals surface area contributed by atoms with Gasteiger partial charge in [-0.15, -0.1) is 5.73 Å². The standard InChI is InChI=1S/C18H24.C9H16.C2H6/c1-2-5-15-12-18(13-15)17-9-8-16(11-17)10-14-6-3-4-7-14;1-5-9(6-2)7-8(3)4;1-2/h3,6-7,12,15-17H,2,5,8-11,13H2,1H3;5H,3,6-7H2,1-2,4H3;1-2H3/b;9-5+;. The van der Waals surface area contributed by atoms with Crippen LogP contribution in [0.5, 0.6) is 0 Å². The maximum atomic E-state index is 3.85. The molecule has 3 aliphatic rings. The third kappa shape index (κ3) is 9.22. The van der Waals surface area contributed by atoms with Gasteiger partial charge in [-0.1, -0.05) is 75.6 Å². The molecule has 0 radical (unpaired) electrons. The molecule has 0 aromatic heterocycles. The fourth-order valence-corrected chi connectivity index (χ4v) is 4.67. The Kier molecular flexibility index (Phi) is 12.7. The van der Waals surface area contributed by atoms with Crippen LogP contribution in [0.2, 0.25) is 0 Å². The second-order valence-electron chi connectivity index (χ2n) is 8.73. The molecule has 0 heteroatoms. The second-order valence-corrected chi connectivity index (χ2v) is 8.73. The molecule has 29 heavy (non-hydrogen) atoms. The maximum absolute atomic E-state index is 3.85. The first-order valence-corrected chi connectivity index (χ1v) is 12.2. The molecule has 3 rings (SSSR count). The van der Waals surface area contributed by atoms with Crippen LogP contribution in [-0.2, 0) is 0 Å². The predicted octanol–water partition coefficient (Wildman–Crippen LogP) is 9.53. The lowest BCUT2D eigenvalue weighted by molar-refractivity contribution is 0.446. The lowest BCUT2D eigenvalue weighted by Crippen LogP contribution is -2.15. The van der Waals surface area contributed by atoms with Gasteiger partial charge in [0.25, 0.3) is 0 Å². The largest absolute Gasteiger partial charge is 0.121 e. The van der Waals surface area contributed by atoms with E-state index in [9.17, 15) is 0 Å². The van der Waals surface area contributed by atoms with E-state index in [0.29, 0.717) is 0 Å². The highest BCUT2D eigenvalue weighted by Gasteiger charge is 2.31. The van der Waals surface area contributed by atoms with Gasteiger partial charge < -0.3 is 0 Å². The zero-order valence-corrected chi connectivity index (χ0v) is 20.2. The summed E-state index contributed by atoms with van der Waals surface area (Å²) in [7, 11) is 0. The topological polar surface area (TPSA) is 0 Å². The quantitative estimate of drug-likeness (QED) is 0.284. The minimum Gasteiger partial charge on any atom is -0.121 e. The molecule has 0 amide bonds. The molecular formula is C29H46. The molecular weight excluding hydrogens is 348 g/mol. The third-order valence-corrected chi connectivity index (χ3v) is 6.25. The van der Waals surface area contributed by atoms with Gasteiger partial charge in [-0.2, -0.15) is 0 Å². The number of allylic oxidation sites excluding steroid dienone is 8. The highest BCUT2D eigenvalue weighted by atomic mass is 14.4. The van der Waals surface area contributed by atoms with Crippen molar-refractivity contribution < 1.29 is 0 Å². The van der Waals surface area contributed by atoms with E-state index < -0.39 is 0 Å². The van der Waals surface area contributed by atoms with E-state index in [1.54, 1.807) is 5.57 Å². The third-order valence-electron chi connectivity index (χ3n) is 6.25. The molecule has 0 N–H and O–H groups in total. The molecule has 0 spiro atoms. The van der Waals surface area contributed by atoms with Gasteiger partial charge in [-0.25, -0.2) is 0 Å². The summed E-state index contributed by atoms with van der Waals surface area (Å²) >= 11 is 0. The van der Waals surface area contributed by atoms with E-state index in [-0.39, 0.29) is 0 Å². The zero-order valence-electron chi connectivity index (χ0n) is 20.2. The Labute approximate surface area is 182 Å². The van der Waals surface area contributed by atoms with Gasteiger partial charge in [0.15, 0.2) is 0 Å². The maximum Gasteiger partial charge on any atom is -0.0114 e. The highest BCUT2D eigenvalue weighted by molar-refractivity contribution is 5.30. The van der Waals surface area contributed by atoms with Gasteiger partial charge >= 0.3 is 0 Å². The van der Waals surface area contributed by atoms with Crippen molar-refractivity contribution in [2.24, 2.45) is 17.8 Å². The van der Waals surface area contributed by atoms with E-state index in [0.717, 1.165) is 30.6 Å². The monoisotopic (exact) mass is 394 g/mol. The fraction of sp³-hybridized carbons (Fsp3) is 0.621. The molecule has 3 unspecified atom stereocenters. The van der Waals surface area contributed by atoms with Crippen LogP contribution in [0.15, 0.2) is 65.0 Å². The molecule has 0 heterocycles. The van der Waals surface area contributed by atoms with Crippen LogP contribution in [-0.4, -0.2) is 0 Å². The Morgan fingerprint density at radius 1 is 1.24 bits per heavy atom. The molecule has 1 fully saturated rings. The summed E-state index contributed by atoms with van der Waals surface area (Å²) in [6.45, 7) is 16.5. The molecule has 3 aliphatic carbocycles. The summed E-state index contributed by atoms with van der Waals surface area (Å²) in [5, 5.41) is 0. The average Bonchev–Trinajstić information content (AvgIpc) is 3.37. The van der Waals surface area contributed by atoms with E-state index >= 15 is 0 Å². The number of hydrogen-bond acceptors (Lipinski definition) is 0. The molecule has 3 atom stereocenters. The Bertz CT molecular complexity index is 646. The summed E-state index contributed by atoms with van der Waals surface area (Å²) in [5.41, 5.74) is 9.20. The minimum atomic E-state index is 0.925. The van der Waals surface area contributed by atoms with Crippen molar-refractivity contribution in [1.82, 2.24) is 0 Å². The van der Waals surface area contributed by atoms with Crippen LogP contribution in [0.4, 0.5) is 0 Å². The van der Waals surface area contributed by atoms with E-state index in [1.807, 2.05) is 19.9 Å². The molecule has 0 aromatic carbocycles. The molecule has 0 bridgehead atoms. The van der Waals surface area contributed by atoms with Crippen molar-refractivity contribution in [2.45, 2.75) is 99.3 Å². The lowest BCUT2D eigenvalue weighted by atomic mass is 9.76. The SMILES string of the molecule is C=C(C)C/C(=C/C)CC.CC.CCCC1C=C(C2CCC(CC3=CC=C=C3)C2)C1. The van der Waals surface area contributed by atoms with E-state index in [1.165, 1.54) is 61.7 Å². The van der Waals surface area contributed by atoms with Crippen molar-refractivity contribution in [3.8, 4) is 0 Å². The predicted molar refractivity (Wildman–Crippen MR) is 132 cm³/mol. The van der Waals surface area contributed by atoms with Crippen molar-refractivity contribution in [3.63, 3.8) is 0 Å². The normalized spacial score (nSPS) is 24.6. The smallest absolute Gasteiger partial charge is 0.0114 e.